The molecular weight excluding hydrogens is 346 g/mol. The third-order valence-electron chi connectivity index (χ3n) is 4.24. The average Bonchev–Trinajstić information content (AvgIpc) is 3.20. The van der Waals surface area contributed by atoms with Gasteiger partial charge in [-0.3, -0.25) is 0 Å². The van der Waals surface area contributed by atoms with Gasteiger partial charge in [0, 0.05) is 12.8 Å². The molecule has 0 aliphatic carbocycles. The number of amides is 1. The first kappa shape index (κ1) is 18.9. The van der Waals surface area contributed by atoms with Crippen LogP contribution in [0, 0.1) is 0 Å². The maximum absolute atomic E-state index is 12.6. The van der Waals surface area contributed by atoms with Gasteiger partial charge in [0.2, 0.25) is 0 Å². The van der Waals surface area contributed by atoms with Crippen molar-refractivity contribution in [3.05, 3.63) is 71.8 Å². The molecule has 2 aromatic carbocycles. The molecule has 6 nitrogen and oxygen atoms in total. The van der Waals surface area contributed by atoms with Crippen molar-refractivity contribution in [3.8, 4) is 0 Å². The van der Waals surface area contributed by atoms with Gasteiger partial charge < -0.3 is 19.5 Å². The summed E-state index contributed by atoms with van der Waals surface area (Å²) in [4.78, 5) is 24.8. The lowest BCUT2D eigenvalue weighted by Gasteiger charge is -2.20. The zero-order valence-electron chi connectivity index (χ0n) is 15.0. The van der Waals surface area contributed by atoms with E-state index in [1.165, 1.54) is 0 Å². The molecule has 1 saturated heterocycles. The number of carbonyl (C=O) groups excluding carboxylic acids is 2. The molecule has 1 aliphatic rings. The topological polar surface area (TPSA) is 73.9 Å². The SMILES string of the molecule is O=C(N[C@@H](Cc1ccccc1)C(=O)O[C@H]1CCOC1)OCc1ccccc1. The van der Waals surface area contributed by atoms with E-state index >= 15 is 0 Å². The summed E-state index contributed by atoms with van der Waals surface area (Å²) >= 11 is 0. The number of carbonyl (C=O) groups is 2. The predicted molar refractivity (Wildman–Crippen MR) is 99.0 cm³/mol. The highest BCUT2D eigenvalue weighted by molar-refractivity contribution is 5.81. The lowest BCUT2D eigenvalue weighted by atomic mass is 10.1. The van der Waals surface area contributed by atoms with Gasteiger partial charge >= 0.3 is 12.1 Å². The summed E-state index contributed by atoms with van der Waals surface area (Å²) in [6.45, 7) is 1.10. The largest absolute Gasteiger partial charge is 0.458 e. The Kier molecular flexibility index (Phi) is 6.82. The summed E-state index contributed by atoms with van der Waals surface area (Å²) < 4.78 is 15.9. The van der Waals surface area contributed by atoms with Crippen molar-refractivity contribution in [1.82, 2.24) is 5.32 Å². The molecule has 0 saturated carbocycles. The summed E-state index contributed by atoms with van der Waals surface area (Å²) in [5.41, 5.74) is 1.79. The van der Waals surface area contributed by atoms with E-state index < -0.39 is 18.1 Å². The van der Waals surface area contributed by atoms with Crippen molar-refractivity contribution in [2.75, 3.05) is 13.2 Å². The Balaban J connectivity index is 1.59. The van der Waals surface area contributed by atoms with E-state index in [4.69, 9.17) is 14.2 Å². The van der Waals surface area contributed by atoms with Gasteiger partial charge in [-0.25, -0.2) is 9.59 Å². The van der Waals surface area contributed by atoms with Crippen molar-refractivity contribution in [1.29, 1.82) is 0 Å². The van der Waals surface area contributed by atoms with Gasteiger partial charge in [0.15, 0.2) is 0 Å². The summed E-state index contributed by atoms with van der Waals surface area (Å²) in [6.07, 6.45) is 0.0768. The van der Waals surface area contributed by atoms with Crippen LogP contribution >= 0.6 is 0 Å². The molecule has 0 radical (unpaired) electrons. The molecule has 27 heavy (non-hydrogen) atoms. The molecule has 0 aromatic heterocycles. The molecule has 0 spiro atoms. The molecule has 0 bridgehead atoms. The summed E-state index contributed by atoms with van der Waals surface area (Å²) in [6, 6.07) is 18.0. The van der Waals surface area contributed by atoms with Crippen molar-refractivity contribution >= 4 is 12.1 Å². The van der Waals surface area contributed by atoms with Crippen LogP contribution in [-0.4, -0.2) is 37.4 Å². The quantitative estimate of drug-likeness (QED) is 0.760. The number of hydrogen-bond donors (Lipinski definition) is 1. The van der Waals surface area contributed by atoms with E-state index in [9.17, 15) is 9.59 Å². The van der Waals surface area contributed by atoms with Gasteiger partial charge in [0.25, 0.3) is 0 Å². The van der Waals surface area contributed by atoms with Crippen molar-refractivity contribution < 1.29 is 23.8 Å². The minimum atomic E-state index is -0.823. The van der Waals surface area contributed by atoms with Gasteiger partial charge in [-0.1, -0.05) is 60.7 Å². The summed E-state index contributed by atoms with van der Waals surface area (Å²) in [5.74, 6) is -0.481. The normalized spacial score (nSPS) is 17.1. The third-order valence-corrected chi connectivity index (χ3v) is 4.24. The first-order chi connectivity index (χ1) is 13.2. The molecule has 1 heterocycles. The number of alkyl carbamates (subject to hydrolysis) is 1. The van der Waals surface area contributed by atoms with Gasteiger partial charge in [-0.05, 0) is 11.1 Å². The molecule has 2 atom stereocenters. The van der Waals surface area contributed by atoms with Crippen LogP contribution in [0.4, 0.5) is 4.79 Å². The Bertz CT molecular complexity index is 729. The number of nitrogens with one attached hydrogen (secondary N) is 1. The fourth-order valence-corrected chi connectivity index (χ4v) is 2.80. The van der Waals surface area contributed by atoms with Crippen molar-refractivity contribution in [2.24, 2.45) is 0 Å². The van der Waals surface area contributed by atoms with Crippen molar-refractivity contribution in [2.45, 2.75) is 31.6 Å². The molecular formula is C21H23NO5. The molecule has 1 fully saturated rings. The Morgan fingerprint density at radius 3 is 2.33 bits per heavy atom. The van der Waals surface area contributed by atoms with Gasteiger partial charge in [0.1, 0.15) is 18.8 Å². The van der Waals surface area contributed by atoms with E-state index in [1.807, 2.05) is 60.7 Å². The number of hydrogen-bond acceptors (Lipinski definition) is 5. The number of esters is 1. The molecule has 2 aromatic rings. The Hall–Kier alpha value is -2.86. The Morgan fingerprint density at radius 2 is 1.70 bits per heavy atom. The van der Waals surface area contributed by atoms with Gasteiger partial charge in [-0.15, -0.1) is 0 Å². The number of rotatable bonds is 7. The van der Waals surface area contributed by atoms with Crippen LogP contribution < -0.4 is 5.32 Å². The minimum Gasteiger partial charge on any atom is -0.458 e. The van der Waals surface area contributed by atoms with E-state index in [0.717, 1.165) is 11.1 Å². The Labute approximate surface area is 158 Å². The molecule has 6 heteroatoms. The lowest BCUT2D eigenvalue weighted by molar-refractivity contribution is -0.151. The molecule has 0 unspecified atom stereocenters. The first-order valence-corrected chi connectivity index (χ1v) is 9.00. The van der Waals surface area contributed by atoms with E-state index in [2.05, 4.69) is 5.32 Å². The number of ether oxygens (including phenoxy) is 3. The van der Waals surface area contributed by atoms with Crippen molar-refractivity contribution in [3.63, 3.8) is 0 Å². The predicted octanol–water partition coefficient (Wildman–Crippen LogP) is 2.86. The fraction of sp³-hybridized carbons (Fsp3) is 0.333. The second-order valence-corrected chi connectivity index (χ2v) is 6.37. The third kappa shape index (κ3) is 6.11. The lowest BCUT2D eigenvalue weighted by Crippen LogP contribution is -2.44. The second kappa shape index (κ2) is 9.73. The highest BCUT2D eigenvalue weighted by atomic mass is 16.6. The molecule has 1 aliphatic heterocycles. The zero-order valence-corrected chi connectivity index (χ0v) is 15.0. The van der Waals surface area contributed by atoms with E-state index in [1.54, 1.807) is 0 Å². The van der Waals surface area contributed by atoms with E-state index in [0.29, 0.717) is 26.1 Å². The molecule has 1 amide bonds. The first-order valence-electron chi connectivity index (χ1n) is 9.00. The van der Waals surface area contributed by atoms with Gasteiger partial charge in [0.05, 0.1) is 13.2 Å². The number of benzene rings is 2. The highest BCUT2D eigenvalue weighted by Crippen LogP contribution is 2.12. The molecule has 1 N–H and O–H groups in total. The van der Waals surface area contributed by atoms with Crippen LogP contribution in [-0.2, 0) is 32.0 Å². The molecule has 3 rings (SSSR count). The van der Waals surface area contributed by atoms with Crippen LogP contribution in [0.25, 0.3) is 0 Å². The van der Waals surface area contributed by atoms with Crippen LogP contribution in [0.1, 0.15) is 17.5 Å². The summed E-state index contributed by atoms with van der Waals surface area (Å²) in [5, 5.41) is 2.63. The smallest absolute Gasteiger partial charge is 0.408 e. The second-order valence-electron chi connectivity index (χ2n) is 6.37. The minimum absolute atomic E-state index is 0.135. The maximum atomic E-state index is 12.6. The molecule has 142 valence electrons. The van der Waals surface area contributed by atoms with Crippen LogP contribution in [0.3, 0.4) is 0 Å². The van der Waals surface area contributed by atoms with E-state index in [-0.39, 0.29) is 12.7 Å². The fourth-order valence-electron chi connectivity index (χ4n) is 2.80. The maximum Gasteiger partial charge on any atom is 0.408 e. The zero-order chi connectivity index (χ0) is 18.9. The summed E-state index contributed by atoms with van der Waals surface area (Å²) in [7, 11) is 0. The van der Waals surface area contributed by atoms with Crippen LogP contribution in [0.5, 0.6) is 0 Å². The standard InChI is InChI=1S/C21H23NO5/c23-20(27-18-11-12-25-15-18)19(13-16-7-3-1-4-8-16)22-21(24)26-14-17-9-5-2-6-10-17/h1-10,18-19H,11-15H2,(H,22,24)/t18-,19-/m0/s1. The monoisotopic (exact) mass is 369 g/mol. The van der Waals surface area contributed by atoms with Crippen LogP contribution in [0.2, 0.25) is 0 Å². The van der Waals surface area contributed by atoms with Gasteiger partial charge in [-0.2, -0.15) is 0 Å². The average molecular weight is 369 g/mol. The highest BCUT2D eigenvalue weighted by Gasteiger charge is 2.28. The Morgan fingerprint density at radius 1 is 1.04 bits per heavy atom. The van der Waals surface area contributed by atoms with Crippen LogP contribution in [0.15, 0.2) is 60.7 Å².